The van der Waals surface area contributed by atoms with E-state index in [4.69, 9.17) is 8.83 Å². The standard InChI is InChI=1S/C26H17N3O3S/c30-23(15-33-26-29-20-11-5-6-12-22(20)31-26)27-19-10-4-3-9-18(19)25-28-21-14-13-16-7-1-2-8-17(16)24(21)32-25/h1-14H,15H2,(H,27,30). The van der Waals surface area contributed by atoms with Crippen molar-refractivity contribution >= 4 is 56.3 Å². The highest BCUT2D eigenvalue weighted by Gasteiger charge is 2.16. The molecule has 1 amide bonds. The molecule has 33 heavy (non-hydrogen) atoms. The van der Waals surface area contributed by atoms with Crippen molar-refractivity contribution in [3.05, 3.63) is 84.9 Å². The molecule has 0 spiro atoms. The van der Waals surface area contributed by atoms with E-state index in [1.165, 1.54) is 11.8 Å². The van der Waals surface area contributed by atoms with Crippen molar-refractivity contribution in [1.29, 1.82) is 0 Å². The Kier molecular flexibility index (Phi) is 4.81. The molecule has 0 aliphatic carbocycles. The number of rotatable bonds is 5. The van der Waals surface area contributed by atoms with Crippen LogP contribution >= 0.6 is 11.8 Å². The molecule has 0 saturated heterocycles. The van der Waals surface area contributed by atoms with E-state index in [1.807, 2.05) is 84.9 Å². The Morgan fingerprint density at radius 3 is 2.58 bits per heavy atom. The molecule has 0 aliphatic rings. The fraction of sp³-hybridized carbons (Fsp3) is 0.0385. The summed E-state index contributed by atoms with van der Waals surface area (Å²) in [6, 6.07) is 27.0. The van der Waals surface area contributed by atoms with Crippen LogP contribution in [0.4, 0.5) is 5.69 Å². The summed E-state index contributed by atoms with van der Waals surface area (Å²) in [5.41, 5.74) is 4.34. The Balaban J connectivity index is 1.25. The quantitative estimate of drug-likeness (QED) is 0.301. The van der Waals surface area contributed by atoms with E-state index in [9.17, 15) is 4.79 Å². The van der Waals surface area contributed by atoms with Crippen molar-refractivity contribution in [3.63, 3.8) is 0 Å². The third-order valence-corrected chi connectivity index (χ3v) is 6.14. The van der Waals surface area contributed by atoms with Crippen LogP contribution in [0.1, 0.15) is 0 Å². The Hall–Kier alpha value is -4.10. The summed E-state index contributed by atoms with van der Waals surface area (Å²) in [4.78, 5) is 21.7. The summed E-state index contributed by atoms with van der Waals surface area (Å²) in [7, 11) is 0. The van der Waals surface area contributed by atoms with Gasteiger partial charge < -0.3 is 14.2 Å². The number of thioether (sulfide) groups is 1. The van der Waals surface area contributed by atoms with E-state index in [2.05, 4.69) is 15.3 Å². The maximum Gasteiger partial charge on any atom is 0.257 e. The van der Waals surface area contributed by atoms with Gasteiger partial charge in [-0.3, -0.25) is 4.79 Å². The number of fused-ring (bicyclic) bond motifs is 4. The number of nitrogens with zero attached hydrogens (tertiary/aromatic N) is 2. The SMILES string of the molecule is O=C(CSc1nc2ccccc2o1)Nc1ccccc1-c1nc2ccc3ccccc3c2o1. The molecule has 6 nitrogen and oxygen atoms in total. The zero-order chi connectivity index (χ0) is 22.2. The number of aromatic nitrogens is 2. The lowest BCUT2D eigenvalue weighted by molar-refractivity contribution is -0.113. The number of hydrogen-bond donors (Lipinski definition) is 1. The minimum atomic E-state index is -0.170. The topological polar surface area (TPSA) is 81.2 Å². The number of amides is 1. The molecule has 0 fully saturated rings. The molecular weight excluding hydrogens is 434 g/mol. The maximum absolute atomic E-state index is 12.7. The predicted molar refractivity (Wildman–Crippen MR) is 130 cm³/mol. The van der Waals surface area contributed by atoms with Crippen LogP contribution in [-0.4, -0.2) is 21.6 Å². The molecule has 2 heterocycles. The summed E-state index contributed by atoms with van der Waals surface area (Å²) in [5, 5.41) is 5.52. The molecule has 4 aromatic carbocycles. The summed E-state index contributed by atoms with van der Waals surface area (Å²) in [5.74, 6) is 0.458. The van der Waals surface area contributed by atoms with Crippen molar-refractivity contribution < 1.29 is 13.6 Å². The lowest BCUT2D eigenvalue weighted by Crippen LogP contribution is -2.14. The van der Waals surface area contributed by atoms with Crippen LogP contribution in [0.15, 0.2) is 99.0 Å². The van der Waals surface area contributed by atoms with Gasteiger partial charge in [-0.15, -0.1) is 0 Å². The minimum Gasteiger partial charge on any atom is -0.435 e. The highest BCUT2D eigenvalue weighted by molar-refractivity contribution is 7.99. The van der Waals surface area contributed by atoms with Crippen molar-refractivity contribution in [2.24, 2.45) is 0 Å². The summed E-state index contributed by atoms with van der Waals surface area (Å²) >= 11 is 1.25. The smallest absolute Gasteiger partial charge is 0.257 e. The number of para-hydroxylation sites is 3. The zero-order valence-electron chi connectivity index (χ0n) is 17.3. The van der Waals surface area contributed by atoms with Crippen LogP contribution in [0, 0.1) is 0 Å². The van der Waals surface area contributed by atoms with Crippen molar-refractivity contribution in [3.8, 4) is 11.5 Å². The van der Waals surface area contributed by atoms with Crippen LogP contribution in [0.2, 0.25) is 0 Å². The first-order valence-corrected chi connectivity index (χ1v) is 11.4. The Morgan fingerprint density at radius 1 is 0.818 bits per heavy atom. The number of oxazole rings is 2. The molecule has 7 heteroatoms. The number of anilines is 1. The van der Waals surface area contributed by atoms with Crippen LogP contribution in [0.3, 0.4) is 0 Å². The number of carbonyl (C=O) groups excluding carboxylic acids is 1. The molecule has 0 atom stereocenters. The lowest BCUT2D eigenvalue weighted by Gasteiger charge is -2.08. The summed E-state index contributed by atoms with van der Waals surface area (Å²) in [6.45, 7) is 0. The molecule has 0 unspecified atom stereocenters. The zero-order valence-corrected chi connectivity index (χ0v) is 18.1. The van der Waals surface area contributed by atoms with Crippen LogP contribution in [0.25, 0.3) is 44.4 Å². The van der Waals surface area contributed by atoms with Crippen molar-refractivity contribution in [2.75, 3.05) is 11.1 Å². The Labute approximate surface area is 192 Å². The highest BCUT2D eigenvalue weighted by Crippen LogP contribution is 2.33. The molecule has 1 N–H and O–H groups in total. The van der Waals surface area contributed by atoms with E-state index in [0.717, 1.165) is 33.0 Å². The molecule has 0 bridgehead atoms. The largest absolute Gasteiger partial charge is 0.435 e. The first-order chi connectivity index (χ1) is 16.2. The monoisotopic (exact) mass is 451 g/mol. The van der Waals surface area contributed by atoms with Gasteiger partial charge in [0.15, 0.2) is 11.2 Å². The molecule has 2 aromatic heterocycles. The molecule has 160 valence electrons. The van der Waals surface area contributed by atoms with Gasteiger partial charge in [0.05, 0.1) is 17.0 Å². The normalized spacial score (nSPS) is 11.4. The lowest BCUT2D eigenvalue weighted by atomic mass is 10.1. The van der Waals surface area contributed by atoms with E-state index in [1.54, 1.807) is 0 Å². The third-order valence-electron chi connectivity index (χ3n) is 5.31. The van der Waals surface area contributed by atoms with Gasteiger partial charge in [0.2, 0.25) is 11.8 Å². The minimum absolute atomic E-state index is 0.166. The molecule has 0 aliphatic heterocycles. The van der Waals surface area contributed by atoms with E-state index in [0.29, 0.717) is 22.4 Å². The van der Waals surface area contributed by atoms with E-state index < -0.39 is 0 Å². The second-order valence-corrected chi connectivity index (χ2v) is 8.41. The van der Waals surface area contributed by atoms with Crippen LogP contribution < -0.4 is 5.32 Å². The molecule has 0 saturated carbocycles. The Bertz CT molecular complexity index is 1600. The average Bonchev–Trinajstić information content (AvgIpc) is 3.47. The van der Waals surface area contributed by atoms with Gasteiger partial charge >= 0.3 is 0 Å². The van der Waals surface area contributed by atoms with E-state index >= 15 is 0 Å². The fourth-order valence-electron chi connectivity index (χ4n) is 3.78. The van der Waals surface area contributed by atoms with Gasteiger partial charge in [0.1, 0.15) is 11.0 Å². The van der Waals surface area contributed by atoms with Gasteiger partial charge in [0, 0.05) is 5.39 Å². The predicted octanol–water partition coefficient (Wildman–Crippen LogP) is 6.52. The molecule has 0 radical (unpaired) electrons. The molecule has 6 aromatic rings. The number of carbonyl (C=O) groups is 1. The first kappa shape index (κ1) is 19.6. The number of hydrogen-bond acceptors (Lipinski definition) is 6. The summed E-state index contributed by atoms with van der Waals surface area (Å²) < 4.78 is 11.8. The fourth-order valence-corrected chi connectivity index (χ4v) is 4.41. The van der Waals surface area contributed by atoms with Gasteiger partial charge in [0.25, 0.3) is 5.22 Å². The van der Waals surface area contributed by atoms with Crippen LogP contribution in [0.5, 0.6) is 0 Å². The maximum atomic E-state index is 12.7. The van der Waals surface area contributed by atoms with Crippen molar-refractivity contribution in [1.82, 2.24) is 9.97 Å². The van der Waals surface area contributed by atoms with Gasteiger partial charge in [-0.05, 0) is 35.7 Å². The molecule has 6 rings (SSSR count). The van der Waals surface area contributed by atoms with Gasteiger partial charge in [-0.2, -0.15) is 0 Å². The molecular formula is C26H17N3O3S. The second-order valence-electron chi connectivity index (χ2n) is 7.48. The van der Waals surface area contributed by atoms with E-state index in [-0.39, 0.29) is 11.7 Å². The first-order valence-electron chi connectivity index (χ1n) is 10.4. The Morgan fingerprint density at radius 2 is 1.64 bits per heavy atom. The third kappa shape index (κ3) is 3.72. The highest BCUT2D eigenvalue weighted by atomic mass is 32.2. The number of benzene rings is 4. The average molecular weight is 452 g/mol. The van der Waals surface area contributed by atoms with Crippen molar-refractivity contribution in [2.45, 2.75) is 5.22 Å². The second kappa shape index (κ2) is 8.11. The number of nitrogens with one attached hydrogen (secondary N) is 1. The van der Waals surface area contributed by atoms with Crippen LogP contribution in [-0.2, 0) is 4.79 Å². The van der Waals surface area contributed by atoms with Gasteiger partial charge in [-0.1, -0.05) is 66.4 Å². The summed E-state index contributed by atoms with van der Waals surface area (Å²) in [6.07, 6.45) is 0. The van der Waals surface area contributed by atoms with Gasteiger partial charge in [-0.25, -0.2) is 9.97 Å².